The average molecular weight is 251 g/mol. The molecule has 2 heteroatoms. The van der Waals surface area contributed by atoms with Gasteiger partial charge in [-0.2, -0.15) is 11.8 Å². The molecule has 0 heterocycles. The van der Waals surface area contributed by atoms with Crippen LogP contribution in [0.5, 0.6) is 0 Å². The Morgan fingerprint density at radius 2 is 1.53 bits per heavy atom. The predicted molar refractivity (Wildman–Crippen MR) is 79.7 cm³/mol. The van der Waals surface area contributed by atoms with Gasteiger partial charge in [-0.15, -0.1) is 0 Å². The van der Waals surface area contributed by atoms with Crippen LogP contribution in [-0.2, 0) is 0 Å². The highest BCUT2D eigenvalue weighted by atomic mass is 32.2. The van der Waals surface area contributed by atoms with Gasteiger partial charge in [0.2, 0.25) is 0 Å². The molecule has 0 aliphatic rings. The molecular weight excluding hydrogens is 226 g/mol. The van der Waals surface area contributed by atoms with Gasteiger partial charge in [-0.25, -0.2) is 0 Å². The van der Waals surface area contributed by atoms with Crippen LogP contribution in [0.15, 0.2) is 24.3 Å². The summed E-state index contributed by atoms with van der Waals surface area (Å²) in [5, 5.41) is 0. The van der Waals surface area contributed by atoms with Crippen LogP contribution in [0.25, 0.3) is 0 Å². The highest BCUT2D eigenvalue weighted by molar-refractivity contribution is 8.00. The second kappa shape index (κ2) is 5.92. The van der Waals surface area contributed by atoms with E-state index in [9.17, 15) is 0 Å². The molecule has 1 aromatic rings. The summed E-state index contributed by atoms with van der Waals surface area (Å²) < 4.78 is 0.287. The van der Waals surface area contributed by atoms with Crippen molar-refractivity contribution < 1.29 is 0 Å². The lowest BCUT2D eigenvalue weighted by Crippen LogP contribution is -2.18. The van der Waals surface area contributed by atoms with E-state index in [0.717, 1.165) is 5.75 Å². The first-order chi connectivity index (χ1) is 7.79. The van der Waals surface area contributed by atoms with Crippen molar-refractivity contribution in [3.63, 3.8) is 0 Å². The summed E-state index contributed by atoms with van der Waals surface area (Å²) in [5.41, 5.74) is 8.83. The summed E-state index contributed by atoms with van der Waals surface area (Å²) in [4.78, 5) is 0. The lowest BCUT2D eigenvalue weighted by Gasteiger charge is -2.21. The maximum Gasteiger partial charge on any atom is 0.0387 e. The van der Waals surface area contributed by atoms with Crippen LogP contribution in [-0.4, -0.2) is 10.5 Å². The van der Waals surface area contributed by atoms with Crippen molar-refractivity contribution in [1.29, 1.82) is 0 Å². The smallest absolute Gasteiger partial charge is 0.0387 e. The number of benzene rings is 1. The summed E-state index contributed by atoms with van der Waals surface area (Å²) in [6.07, 6.45) is 0. The minimum Gasteiger partial charge on any atom is -0.323 e. The minimum atomic E-state index is 0.139. The zero-order valence-electron chi connectivity index (χ0n) is 11.7. The number of nitrogens with two attached hydrogens (primary N) is 1. The van der Waals surface area contributed by atoms with Gasteiger partial charge >= 0.3 is 0 Å². The average Bonchev–Trinajstić information content (AvgIpc) is 2.25. The number of hydrogen-bond donors (Lipinski definition) is 1. The first kappa shape index (κ1) is 14.6. The van der Waals surface area contributed by atoms with Gasteiger partial charge in [0.25, 0.3) is 0 Å². The minimum absolute atomic E-state index is 0.139. The molecule has 1 rings (SSSR count). The summed E-state index contributed by atoms with van der Waals surface area (Å²) >= 11 is 1.92. The van der Waals surface area contributed by atoms with Crippen molar-refractivity contribution in [3.8, 4) is 0 Å². The Morgan fingerprint density at radius 1 is 1.06 bits per heavy atom. The highest BCUT2D eigenvalue weighted by Gasteiger charge is 2.14. The van der Waals surface area contributed by atoms with E-state index >= 15 is 0 Å². The van der Waals surface area contributed by atoms with E-state index in [-0.39, 0.29) is 10.8 Å². The van der Waals surface area contributed by atoms with Crippen molar-refractivity contribution >= 4 is 11.8 Å². The molecule has 0 radical (unpaired) electrons. The van der Waals surface area contributed by atoms with Gasteiger partial charge in [-0.3, -0.25) is 0 Å². The van der Waals surface area contributed by atoms with Crippen molar-refractivity contribution in [1.82, 2.24) is 0 Å². The van der Waals surface area contributed by atoms with Gasteiger partial charge in [0, 0.05) is 16.5 Å². The Kier molecular flexibility index (Phi) is 5.08. The maximum absolute atomic E-state index is 6.21. The van der Waals surface area contributed by atoms with E-state index in [1.807, 2.05) is 11.8 Å². The molecule has 1 aromatic carbocycles. The third kappa shape index (κ3) is 5.13. The first-order valence-electron chi connectivity index (χ1n) is 6.29. The fraction of sp³-hybridized carbons (Fsp3) is 0.600. The second-order valence-corrected chi connectivity index (χ2v) is 7.70. The van der Waals surface area contributed by atoms with Crippen LogP contribution >= 0.6 is 11.8 Å². The monoisotopic (exact) mass is 251 g/mol. The maximum atomic E-state index is 6.21. The van der Waals surface area contributed by atoms with Crippen LogP contribution in [0.4, 0.5) is 0 Å². The van der Waals surface area contributed by atoms with Gasteiger partial charge in [-0.1, -0.05) is 58.9 Å². The third-order valence-corrected chi connectivity index (χ3v) is 4.12. The Bertz CT molecular complexity index is 335. The van der Waals surface area contributed by atoms with E-state index in [2.05, 4.69) is 58.9 Å². The van der Waals surface area contributed by atoms with E-state index in [4.69, 9.17) is 5.73 Å². The molecule has 0 bridgehead atoms. The second-order valence-electron chi connectivity index (χ2n) is 5.85. The summed E-state index contributed by atoms with van der Waals surface area (Å²) in [6, 6.07) is 8.87. The Labute approximate surface area is 110 Å². The molecule has 0 amide bonds. The van der Waals surface area contributed by atoms with Crippen LogP contribution in [0.2, 0.25) is 0 Å². The molecular formula is C15H25NS. The van der Waals surface area contributed by atoms with Crippen LogP contribution in [0, 0.1) is 0 Å². The summed E-state index contributed by atoms with van der Waals surface area (Å²) in [5.74, 6) is 1.56. The molecule has 17 heavy (non-hydrogen) atoms. The Balaban J connectivity index is 2.60. The zero-order valence-corrected chi connectivity index (χ0v) is 12.5. The van der Waals surface area contributed by atoms with E-state index < -0.39 is 0 Å². The van der Waals surface area contributed by atoms with Gasteiger partial charge in [0.1, 0.15) is 0 Å². The van der Waals surface area contributed by atoms with E-state index in [0.29, 0.717) is 5.92 Å². The lowest BCUT2D eigenvalue weighted by atomic mass is 10.00. The number of hydrogen-bond acceptors (Lipinski definition) is 2. The Morgan fingerprint density at radius 3 is 1.94 bits per heavy atom. The molecule has 0 aromatic heterocycles. The lowest BCUT2D eigenvalue weighted by molar-refractivity contribution is 0.778. The van der Waals surface area contributed by atoms with Crippen molar-refractivity contribution in [3.05, 3.63) is 35.4 Å². The van der Waals surface area contributed by atoms with Gasteiger partial charge in [0.15, 0.2) is 0 Å². The normalized spacial score (nSPS) is 14.1. The molecule has 96 valence electrons. The zero-order chi connectivity index (χ0) is 13.1. The number of rotatable bonds is 4. The number of thioether (sulfide) groups is 1. The molecule has 1 nitrogen and oxygen atoms in total. The largest absolute Gasteiger partial charge is 0.323 e. The molecule has 1 unspecified atom stereocenters. The molecule has 0 fully saturated rings. The fourth-order valence-corrected chi connectivity index (χ4v) is 2.44. The molecule has 0 aliphatic carbocycles. The topological polar surface area (TPSA) is 26.0 Å². The predicted octanol–water partition coefficient (Wildman–Crippen LogP) is 4.34. The van der Waals surface area contributed by atoms with Crippen molar-refractivity contribution in [2.45, 2.75) is 51.3 Å². The van der Waals surface area contributed by atoms with Crippen LogP contribution < -0.4 is 5.73 Å². The standard InChI is InChI=1S/C15H25NS/c1-11(2)12-6-8-13(9-7-12)14(16)10-17-15(3,4)5/h6-9,11,14H,10,16H2,1-5H3. The van der Waals surface area contributed by atoms with Crippen LogP contribution in [0.1, 0.15) is 57.7 Å². The Hall–Kier alpha value is -0.470. The van der Waals surface area contributed by atoms with Gasteiger partial charge < -0.3 is 5.73 Å². The van der Waals surface area contributed by atoms with E-state index in [1.54, 1.807) is 0 Å². The highest BCUT2D eigenvalue weighted by Crippen LogP contribution is 2.27. The first-order valence-corrected chi connectivity index (χ1v) is 7.27. The third-order valence-electron chi connectivity index (χ3n) is 2.73. The SMILES string of the molecule is CC(C)c1ccc(C(N)CSC(C)(C)C)cc1. The van der Waals surface area contributed by atoms with Gasteiger partial charge in [-0.05, 0) is 17.0 Å². The molecule has 1 atom stereocenters. The van der Waals surface area contributed by atoms with Crippen LogP contribution in [0.3, 0.4) is 0 Å². The quantitative estimate of drug-likeness (QED) is 0.861. The molecule has 0 saturated heterocycles. The molecule has 0 saturated carbocycles. The van der Waals surface area contributed by atoms with E-state index in [1.165, 1.54) is 11.1 Å². The van der Waals surface area contributed by atoms with Gasteiger partial charge in [0.05, 0.1) is 0 Å². The van der Waals surface area contributed by atoms with Crippen molar-refractivity contribution in [2.24, 2.45) is 5.73 Å². The van der Waals surface area contributed by atoms with Crippen molar-refractivity contribution in [2.75, 3.05) is 5.75 Å². The fourth-order valence-electron chi connectivity index (χ4n) is 1.56. The summed E-state index contributed by atoms with van der Waals surface area (Å²) in [6.45, 7) is 11.1. The molecule has 2 N–H and O–H groups in total. The summed E-state index contributed by atoms with van der Waals surface area (Å²) in [7, 11) is 0. The molecule has 0 aliphatic heterocycles. The molecule has 0 spiro atoms.